The summed E-state index contributed by atoms with van der Waals surface area (Å²) in [4.78, 5) is 21.5. The van der Waals surface area contributed by atoms with Crippen molar-refractivity contribution >= 4 is 12.3 Å². The monoisotopic (exact) mass is 228 g/mol. The number of aldehydes is 1. The molecular weight excluding hydrogens is 218 g/mol. The molecule has 1 aromatic carbocycles. The van der Waals surface area contributed by atoms with E-state index in [-0.39, 0.29) is 18.5 Å². The zero-order valence-corrected chi connectivity index (χ0v) is 8.63. The Morgan fingerprint density at radius 2 is 2.12 bits per heavy atom. The number of halogens is 2. The minimum absolute atomic E-state index is 0.134. The standard InChI is InChI=1S/C11H10F2O3/c1-2-16-10(15)5-8-9(12)4-3-7(6-14)11(8)13/h3-4,6H,2,5H2,1H3. The fourth-order valence-corrected chi connectivity index (χ4v) is 1.23. The number of benzene rings is 1. The van der Waals surface area contributed by atoms with Crippen LogP contribution in [-0.4, -0.2) is 18.9 Å². The maximum Gasteiger partial charge on any atom is 0.310 e. The second-order valence-corrected chi connectivity index (χ2v) is 3.03. The van der Waals surface area contributed by atoms with Gasteiger partial charge in [-0.2, -0.15) is 0 Å². The number of hydrogen-bond donors (Lipinski definition) is 0. The SMILES string of the molecule is CCOC(=O)Cc1c(F)ccc(C=O)c1F. The van der Waals surface area contributed by atoms with E-state index in [0.717, 1.165) is 12.1 Å². The average Bonchev–Trinajstić information content (AvgIpc) is 2.25. The van der Waals surface area contributed by atoms with Crippen LogP contribution < -0.4 is 0 Å². The van der Waals surface area contributed by atoms with Crippen molar-refractivity contribution in [2.75, 3.05) is 6.61 Å². The van der Waals surface area contributed by atoms with Gasteiger partial charge in [-0.1, -0.05) is 0 Å². The predicted octanol–water partition coefficient (Wildman–Crippen LogP) is 1.88. The molecule has 0 saturated carbocycles. The van der Waals surface area contributed by atoms with Gasteiger partial charge in [0.15, 0.2) is 6.29 Å². The molecule has 0 aliphatic carbocycles. The number of hydrogen-bond acceptors (Lipinski definition) is 3. The lowest BCUT2D eigenvalue weighted by Crippen LogP contribution is -2.11. The van der Waals surface area contributed by atoms with E-state index in [0.29, 0.717) is 0 Å². The van der Waals surface area contributed by atoms with E-state index in [2.05, 4.69) is 4.74 Å². The molecule has 0 bridgehead atoms. The van der Waals surface area contributed by atoms with Crippen molar-refractivity contribution < 1.29 is 23.1 Å². The van der Waals surface area contributed by atoms with Crippen LogP contribution in [0.5, 0.6) is 0 Å². The van der Waals surface area contributed by atoms with Gasteiger partial charge in [0, 0.05) is 5.56 Å². The van der Waals surface area contributed by atoms with Gasteiger partial charge in [-0.05, 0) is 19.1 Å². The van der Waals surface area contributed by atoms with Crippen LogP contribution in [0.15, 0.2) is 12.1 Å². The summed E-state index contributed by atoms with van der Waals surface area (Å²) in [6, 6.07) is 1.97. The lowest BCUT2D eigenvalue weighted by atomic mass is 10.1. The van der Waals surface area contributed by atoms with Gasteiger partial charge in [-0.15, -0.1) is 0 Å². The Balaban J connectivity index is 3.02. The molecule has 0 aromatic heterocycles. The summed E-state index contributed by atoms with van der Waals surface area (Å²) in [6.45, 7) is 1.72. The second kappa shape index (κ2) is 5.34. The Labute approximate surface area is 91.0 Å². The summed E-state index contributed by atoms with van der Waals surface area (Å²) in [5, 5.41) is 0. The maximum atomic E-state index is 13.5. The summed E-state index contributed by atoms with van der Waals surface area (Å²) in [5.41, 5.74) is -0.719. The van der Waals surface area contributed by atoms with E-state index in [1.54, 1.807) is 6.92 Å². The lowest BCUT2D eigenvalue weighted by molar-refractivity contribution is -0.142. The third kappa shape index (κ3) is 2.62. The molecular formula is C11H10F2O3. The lowest BCUT2D eigenvalue weighted by Gasteiger charge is -2.06. The van der Waals surface area contributed by atoms with Crippen molar-refractivity contribution in [2.24, 2.45) is 0 Å². The Morgan fingerprint density at radius 1 is 1.44 bits per heavy atom. The smallest absolute Gasteiger partial charge is 0.310 e. The molecule has 16 heavy (non-hydrogen) atoms. The van der Waals surface area contributed by atoms with Gasteiger partial charge >= 0.3 is 5.97 Å². The molecule has 0 heterocycles. The first-order chi connectivity index (χ1) is 7.60. The molecule has 3 nitrogen and oxygen atoms in total. The van der Waals surface area contributed by atoms with E-state index in [4.69, 9.17) is 0 Å². The predicted molar refractivity (Wildman–Crippen MR) is 52.1 cm³/mol. The Morgan fingerprint density at radius 3 is 2.69 bits per heavy atom. The fourth-order valence-electron chi connectivity index (χ4n) is 1.23. The molecule has 0 spiro atoms. The first kappa shape index (κ1) is 12.3. The summed E-state index contributed by atoms with van der Waals surface area (Å²) < 4.78 is 31.2. The summed E-state index contributed by atoms with van der Waals surface area (Å²) in [5.74, 6) is -2.61. The van der Waals surface area contributed by atoms with Crippen molar-refractivity contribution in [3.63, 3.8) is 0 Å². The molecule has 0 aliphatic heterocycles. The topological polar surface area (TPSA) is 43.4 Å². The second-order valence-electron chi connectivity index (χ2n) is 3.03. The highest BCUT2D eigenvalue weighted by Gasteiger charge is 2.16. The van der Waals surface area contributed by atoms with E-state index in [9.17, 15) is 18.4 Å². The quantitative estimate of drug-likeness (QED) is 0.583. The number of rotatable bonds is 4. The van der Waals surface area contributed by atoms with Crippen molar-refractivity contribution in [1.82, 2.24) is 0 Å². The third-order valence-electron chi connectivity index (χ3n) is 1.97. The molecule has 0 radical (unpaired) electrons. The normalized spacial score (nSPS) is 9.94. The van der Waals surface area contributed by atoms with Gasteiger partial charge in [0.05, 0.1) is 18.6 Å². The van der Waals surface area contributed by atoms with Crippen LogP contribution in [0.3, 0.4) is 0 Å². The minimum Gasteiger partial charge on any atom is -0.466 e. The number of carbonyl (C=O) groups is 2. The molecule has 5 heteroatoms. The summed E-state index contributed by atoms with van der Waals surface area (Å²) in [6.07, 6.45) is -0.253. The van der Waals surface area contributed by atoms with Crippen LogP contribution in [0.1, 0.15) is 22.8 Å². The van der Waals surface area contributed by atoms with E-state index in [1.807, 2.05) is 0 Å². The van der Waals surface area contributed by atoms with Gasteiger partial charge < -0.3 is 4.74 Å². The molecule has 1 rings (SSSR count). The molecule has 0 unspecified atom stereocenters. The maximum absolute atomic E-state index is 13.5. The number of carbonyl (C=O) groups excluding carboxylic acids is 2. The van der Waals surface area contributed by atoms with Crippen LogP contribution in [0, 0.1) is 11.6 Å². The van der Waals surface area contributed by atoms with Gasteiger partial charge in [0.2, 0.25) is 0 Å². The molecule has 86 valence electrons. The molecule has 0 saturated heterocycles. The van der Waals surface area contributed by atoms with E-state index < -0.39 is 29.6 Å². The highest BCUT2D eigenvalue weighted by molar-refractivity contribution is 5.78. The zero-order valence-electron chi connectivity index (χ0n) is 8.63. The first-order valence-corrected chi connectivity index (χ1v) is 4.67. The molecule has 0 amide bonds. The molecule has 0 aliphatic rings. The Hall–Kier alpha value is -1.78. The van der Waals surface area contributed by atoms with Crippen molar-refractivity contribution in [3.8, 4) is 0 Å². The Kier molecular flexibility index (Phi) is 4.10. The van der Waals surface area contributed by atoms with Crippen molar-refractivity contribution in [1.29, 1.82) is 0 Å². The minimum atomic E-state index is -1.01. The van der Waals surface area contributed by atoms with Gasteiger partial charge in [-0.25, -0.2) is 8.78 Å². The average molecular weight is 228 g/mol. The Bertz CT molecular complexity index is 416. The van der Waals surface area contributed by atoms with Crippen molar-refractivity contribution in [3.05, 3.63) is 34.9 Å². The number of esters is 1. The van der Waals surface area contributed by atoms with Crippen LogP contribution >= 0.6 is 0 Å². The van der Waals surface area contributed by atoms with Gasteiger partial charge in [0.1, 0.15) is 11.6 Å². The van der Waals surface area contributed by atoms with Crippen LogP contribution in [0.2, 0.25) is 0 Å². The van der Waals surface area contributed by atoms with Crippen molar-refractivity contribution in [2.45, 2.75) is 13.3 Å². The summed E-state index contributed by atoms with van der Waals surface area (Å²) >= 11 is 0. The zero-order chi connectivity index (χ0) is 12.1. The largest absolute Gasteiger partial charge is 0.466 e. The van der Waals surface area contributed by atoms with Crippen LogP contribution in [0.4, 0.5) is 8.78 Å². The summed E-state index contributed by atoms with van der Waals surface area (Å²) in [7, 11) is 0. The fraction of sp³-hybridized carbons (Fsp3) is 0.273. The highest BCUT2D eigenvalue weighted by Crippen LogP contribution is 2.16. The highest BCUT2D eigenvalue weighted by atomic mass is 19.1. The molecule has 0 atom stereocenters. The third-order valence-corrected chi connectivity index (χ3v) is 1.97. The molecule has 1 aromatic rings. The van der Waals surface area contributed by atoms with E-state index >= 15 is 0 Å². The van der Waals surface area contributed by atoms with Gasteiger partial charge in [-0.3, -0.25) is 9.59 Å². The van der Waals surface area contributed by atoms with Crippen LogP contribution in [0.25, 0.3) is 0 Å². The molecule has 0 fully saturated rings. The first-order valence-electron chi connectivity index (χ1n) is 4.67. The van der Waals surface area contributed by atoms with Crippen LogP contribution in [-0.2, 0) is 16.0 Å². The number of ether oxygens (including phenoxy) is 1. The van der Waals surface area contributed by atoms with E-state index in [1.165, 1.54) is 0 Å². The molecule has 0 N–H and O–H groups in total. The van der Waals surface area contributed by atoms with Gasteiger partial charge in [0.25, 0.3) is 0 Å².